The topological polar surface area (TPSA) is 87.4 Å². The lowest BCUT2D eigenvalue weighted by atomic mass is 9.87. The van der Waals surface area contributed by atoms with Crippen LogP contribution in [-0.4, -0.2) is 20.2 Å². The van der Waals surface area contributed by atoms with E-state index in [0.717, 1.165) is 10.5 Å². The van der Waals surface area contributed by atoms with Gasteiger partial charge < -0.3 is 0 Å². The summed E-state index contributed by atoms with van der Waals surface area (Å²) in [6.07, 6.45) is 3.46. The van der Waals surface area contributed by atoms with E-state index in [4.69, 9.17) is 11.6 Å². The normalized spacial score (nSPS) is 13.9. The summed E-state index contributed by atoms with van der Waals surface area (Å²) in [6, 6.07) is 11.1. The van der Waals surface area contributed by atoms with Gasteiger partial charge in [0.05, 0.1) is 26.7 Å². The van der Waals surface area contributed by atoms with E-state index in [1.54, 1.807) is 49.1 Å². The summed E-state index contributed by atoms with van der Waals surface area (Å²) in [5.74, 6) is -1.24. The number of aromatic nitrogens is 1. The summed E-state index contributed by atoms with van der Waals surface area (Å²) in [6.45, 7) is 7.89. The third kappa shape index (κ3) is 4.08. The summed E-state index contributed by atoms with van der Waals surface area (Å²) in [5, 5.41) is 0.0753. The van der Waals surface area contributed by atoms with Crippen molar-refractivity contribution in [3.8, 4) is 0 Å². The lowest BCUT2D eigenvalue weighted by molar-refractivity contribution is -0.670. The van der Waals surface area contributed by atoms with Crippen molar-refractivity contribution in [1.29, 1.82) is 0 Å². The minimum atomic E-state index is -4.03. The molecule has 0 radical (unpaired) electrons. The zero-order chi connectivity index (χ0) is 25.0. The van der Waals surface area contributed by atoms with Crippen LogP contribution in [0.25, 0.3) is 0 Å². The summed E-state index contributed by atoms with van der Waals surface area (Å²) in [7, 11) is -2.25. The fourth-order valence-corrected chi connectivity index (χ4v) is 5.16. The van der Waals surface area contributed by atoms with Crippen LogP contribution in [0.2, 0.25) is 5.02 Å². The molecule has 1 aliphatic heterocycles. The van der Waals surface area contributed by atoms with E-state index in [0.29, 0.717) is 11.3 Å². The second-order valence-corrected chi connectivity index (χ2v) is 11.4. The first kappa shape index (κ1) is 23.9. The highest BCUT2D eigenvalue weighted by atomic mass is 35.5. The fourth-order valence-electron chi connectivity index (χ4n) is 3.85. The van der Waals surface area contributed by atoms with E-state index < -0.39 is 21.8 Å². The van der Waals surface area contributed by atoms with Gasteiger partial charge in [-0.3, -0.25) is 14.3 Å². The molecule has 2 amide bonds. The van der Waals surface area contributed by atoms with Gasteiger partial charge in [0.1, 0.15) is 12.7 Å². The van der Waals surface area contributed by atoms with Crippen LogP contribution in [0.3, 0.4) is 0 Å². The van der Waals surface area contributed by atoms with Gasteiger partial charge in [-0.15, -0.1) is 0 Å². The lowest BCUT2D eigenvalue weighted by Gasteiger charge is -2.19. The number of benzene rings is 2. The molecule has 1 aliphatic rings. The average Bonchev–Trinajstić information content (AvgIpc) is 3.02. The number of nitrogens with zero attached hydrogens (tertiary/aromatic N) is 2. The number of carbonyl (C=O) groups excluding carboxylic acids is 2. The molecule has 2 aromatic carbocycles. The molecule has 0 unspecified atom stereocenters. The Labute approximate surface area is 204 Å². The highest BCUT2D eigenvalue weighted by Gasteiger charge is 2.42. The van der Waals surface area contributed by atoms with Gasteiger partial charge in [0.25, 0.3) is 21.8 Å². The molecule has 1 N–H and O–H groups in total. The number of nitrogens with one attached hydrogen (secondary N) is 1. The third-order valence-corrected chi connectivity index (χ3v) is 7.49. The number of anilines is 2. The molecule has 4 rings (SSSR count). The number of hydrogen-bond donors (Lipinski definition) is 1. The molecule has 7 nitrogen and oxygen atoms in total. The van der Waals surface area contributed by atoms with Crippen LogP contribution in [0.4, 0.5) is 11.4 Å². The van der Waals surface area contributed by atoms with Crippen LogP contribution in [-0.2, 0) is 22.5 Å². The Balaban J connectivity index is 1.76. The van der Waals surface area contributed by atoms with Crippen LogP contribution in [0.5, 0.6) is 0 Å². The van der Waals surface area contributed by atoms with Gasteiger partial charge >= 0.3 is 0 Å². The molecular weight excluding hydrogens is 474 g/mol. The second-order valence-electron chi connectivity index (χ2n) is 9.35. The molecule has 0 spiro atoms. The predicted molar refractivity (Wildman–Crippen MR) is 131 cm³/mol. The SMILES string of the molecule is Cc1cc[n+](C)cc1N1C(=O)c2c(Cl)ccc(NS(=O)(=O)c3ccc(C(C)(C)C)cc3)c2C1=O. The summed E-state index contributed by atoms with van der Waals surface area (Å²) < 4.78 is 30.5. The molecule has 0 bridgehead atoms. The molecule has 0 fully saturated rings. The van der Waals surface area contributed by atoms with Crippen LogP contribution in [0.15, 0.2) is 59.8 Å². The van der Waals surface area contributed by atoms with E-state index in [1.807, 2.05) is 20.8 Å². The van der Waals surface area contributed by atoms with Gasteiger partial charge in [0.2, 0.25) is 0 Å². The molecule has 0 atom stereocenters. The maximum absolute atomic E-state index is 13.4. The average molecular weight is 499 g/mol. The first-order valence-corrected chi connectivity index (χ1v) is 12.5. The Hall–Kier alpha value is -3.23. The maximum Gasteiger partial charge on any atom is 0.268 e. The van der Waals surface area contributed by atoms with Gasteiger partial charge in [-0.25, -0.2) is 17.9 Å². The van der Waals surface area contributed by atoms with E-state index in [1.165, 1.54) is 24.3 Å². The molecule has 176 valence electrons. The smallest absolute Gasteiger partial charge is 0.268 e. The Kier molecular flexibility index (Phi) is 5.78. The van der Waals surface area contributed by atoms with Crippen molar-refractivity contribution < 1.29 is 22.6 Å². The van der Waals surface area contributed by atoms with E-state index >= 15 is 0 Å². The molecule has 1 aromatic heterocycles. The first-order chi connectivity index (χ1) is 15.8. The van der Waals surface area contributed by atoms with Crippen LogP contribution < -0.4 is 14.2 Å². The summed E-state index contributed by atoms with van der Waals surface area (Å²) >= 11 is 6.29. The van der Waals surface area contributed by atoms with Crippen molar-refractivity contribution in [2.45, 2.75) is 38.0 Å². The second kappa shape index (κ2) is 8.21. The molecular formula is C25H25ClN3O4S+. The number of carbonyl (C=O) groups is 2. The molecule has 9 heteroatoms. The quantitative estimate of drug-likeness (QED) is 0.427. The zero-order valence-corrected chi connectivity index (χ0v) is 21.1. The van der Waals surface area contributed by atoms with Gasteiger partial charge in [0, 0.05) is 6.07 Å². The largest absolute Gasteiger partial charge is 0.279 e. The minimum absolute atomic E-state index is 0.00175. The Bertz CT molecular complexity index is 1440. The van der Waals surface area contributed by atoms with Crippen molar-refractivity contribution >= 4 is 44.8 Å². The van der Waals surface area contributed by atoms with Crippen LogP contribution in [0.1, 0.15) is 52.6 Å². The molecule has 0 saturated heterocycles. The number of halogens is 1. The highest BCUT2D eigenvalue weighted by Crippen LogP contribution is 2.38. The van der Waals surface area contributed by atoms with Gasteiger partial charge in [0.15, 0.2) is 12.4 Å². The van der Waals surface area contributed by atoms with Gasteiger partial charge in [-0.2, -0.15) is 0 Å². The number of fused-ring (bicyclic) bond motifs is 1. The Morgan fingerprint density at radius 1 is 0.941 bits per heavy atom. The van der Waals surface area contributed by atoms with E-state index in [2.05, 4.69) is 4.72 Å². The third-order valence-electron chi connectivity index (χ3n) is 5.79. The van der Waals surface area contributed by atoms with E-state index in [-0.39, 0.29) is 32.1 Å². The standard InChI is InChI=1S/C25H24ClN3O4S/c1-15-12-13-28(5)14-20(15)29-23(30)21-18(26)10-11-19(22(21)24(29)31)27-34(32,33)17-8-6-16(7-9-17)25(2,3)4/h6-14H,1-5H3/p+1. The Morgan fingerprint density at radius 3 is 2.18 bits per heavy atom. The van der Waals surface area contributed by atoms with Crippen molar-refractivity contribution in [3.05, 3.63) is 82.1 Å². The van der Waals surface area contributed by atoms with Crippen molar-refractivity contribution in [3.63, 3.8) is 0 Å². The number of sulfonamides is 1. The molecule has 0 saturated carbocycles. The number of rotatable bonds is 4. The number of amides is 2. The number of aryl methyl sites for hydroxylation is 2. The number of imide groups is 1. The van der Waals surface area contributed by atoms with Crippen LogP contribution >= 0.6 is 11.6 Å². The molecule has 34 heavy (non-hydrogen) atoms. The van der Waals surface area contributed by atoms with Gasteiger partial charge in [-0.05, 0) is 47.7 Å². The summed E-state index contributed by atoms with van der Waals surface area (Å²) in [4.78, 5) is 27.7. The minimum Gasteiger partial charge on any atom is -0.279 e. The number of hydrogen-bond acceptors (Lipinski definition) is 4. The summed E-state index contributed by atoms with van der Waals surface area (Å²) in [5.41, 5.74) is 1.87. The number of pyridine rings is 1. The monoisotopic (exact) mass is 498 g/mol. The Morgan fingerprint density at radius 2 is 1.56 bits per heavy atom. The predicted octanol–water partition coefficient (Wildman–Crippen LogP) is 4.37. The molecule has 2 heterocycles. The molecule has 3 aromatic rings. The fraction of sp³-hybridized carbons (Fsp3) is 0.240. The molecule has 0 aliphatic carbocycles. The van der Waals surface area contributed by atoms with E-state index in [9.17, 15) is 18.0 Å². The lowest BCUT2D eigenvalue weighted by Crippen LogP contribution is -2.35. The zero-order valence-electron chi connectivity index (χ0n) is 19.5. The van der Waals surface area contributed by atoms with Crippen molar-refractivity contribution in [1.82, 2.24) is 0 Å². The van der Waals surface area contributed by atoms with Crippen molar-refractivity contribution in [2.75, 3.05) is 9.62 Å². The first-order valence-electron chi connectivity index (χ1n) is 10.6. The van der Waals surface area contributed by atoms with Crippen molar-refractivity contribution in [2.24, 2.45) is 7.05 Å². The van der Waals surface area contributed by atoms with Crippen LogP contribution in [0, 0.1) is 6.92 Å². The maximum atomic E-state index is 13.4. The highest BCUT2D eigenvalue weighted by molar-refractivity contribution is 7.92. The van der Waals surface area contributed by atoms with Gasteiger partial charge in [-0.1, -0.05) is 44.5 Å².